The van der Waals surface area contributed by atoms with Gasteiger partial charge in [-0.25, -0.2) is 4.98 Å². The number of carbonyl (C=O) groups excluding carboxylic acids is 1. The van der Waals surface area contributed by atoms with Crippen molar-refractivity contribution in [1.82, 2.24) is 10.3 Å². The van der Waals surface area contributed by atoms with Crippen LogP contribution in [0.5, 0.6) is 0 Å². The zero-order valence-corrected chi connectivity index (χ0v) is 14.2. The van der Waals surface area contributed by atoms with Crippen molar-refractivity contribution in [3.05, 3.63) is 51.5 Å². The minimum atomic E-state index is -0.0992. The van der Waals surface area contributed by atoms with E-state index < -0.39 is 0 Å². The largest absolute Gasteiger partial charge is 0.344 e. The Balaban J connectivity index is 1.71. The second-order valence-corrected chi connectivity index (χ2v) is 6.97. The molecule has 1 amide bonds. The maximum absolute atomic E-state index is 12.5. The first-order chi connectivity index (χ1) is 11.2. The third kappa shape index (κ3) is 3.62. The number of benzene rings is 1. The van der Waals surface area contributed by atoms with E-state index in [-0.39, 0.29) is 18.0 Å². The van der Waals surface area contributed by atoms with E-state index in [2.05, 4.69) is 35.4 Å². The molecule has 0 spiro atoms. The molecule has 3 rings (SSSR count). The van der Waals surface area contributed by atoms with Gasteiger partial charge in [0.1, 0.15) is 10.7 Å². The molecule has 1 aromatic carbocycles. The zero-order chi connectivity index (χ0) is 16.2. The molecule has 0 radical (unpaired) electrons. The Morgan fingerprint density at radius 3 is 3.13 bits per heavy atom. The summed E-state index contributed by atoms with van der Waals surface area (Å²) in [5.41, 5.74) is 9.15. The lowest BCUT2D eigenvalue weighted by Gasteiger charge is -2.26. The molecule has 122 valence electrons. The Morgan fingerprint density at radius 1 is 1.48 bits per heavy atom. The summed E-state index contributed by atoms with van der Waals surface area (Å²) in [4.78, 5) is 16.9. The molecule has 2 unspecified atom stereocenters. The number of amides is 1. The summed E-state index contributed by atoms with van der Waals surface area (Å²) in [6, 6.07) is 8.38. The van der Waals surface area contributed by atoms with Crippen LogP contribution in [0, 0.1) is 0 Å². The van der Waals surface area contributed by atoms with E-state index in [1.165, 1.54) is 22.5 Å². The predicted molar refractivity (Wildman–Crippen MR) is 93.5 cm³/mol. The summed E-state index contributed by atoms with van der Waals surface area (Å²) >= 11 is 1.48. The fourth-order valence-corrected chi connectivity index (χ4v) is 3.97. The first kappa shape index (κ1) is 16.1. The number of carbonyl (C=O) groups is 1. The van der Waals surface area contributed by atoms with Crippen molar-refractivity contribution in [3.63, 3.8) is 0 Å². The van der Waals surface area contributed by atoms with Gasteiger partial charge in [0.15, 0.2) is 0 Å². The molecule has 0 fully saturated rings. The standard InChI is InChI=1S/C18H23N3OS/c1-2-6-14(19)18-21-16(11-23-18)17(22)20-15-10-5-8-12-7-3-4-9-13(12)15/h3-4,7,9,11,14-15H,2,5-6,8,10,19H2,1H3,(H,20,22). The number of aryl methyl sites for hydroxylation is 1. The van der Waals surface area contributed by atoms with Gasteiger partial charge in [-0.3, -0.25) is 4.79 Å². The third-order valence-electron chi connectivity index (χ3n) is 4.35. The molecular formula is C18H23N3OS. The molecule has 0 saturated heterocycles. The first-order valence-electron chi connectivity index (χ1n) is 8.28. The second-order valence-electron chi connectivity index (χ2n) is 6.08. The zero-order valence-electron chi connectivity index (χ0n) is 13.4. The molecule has 1 aliphatic rings. The molecule has 2 aromatic rings. The summed E-state index contributed by atoms with van der Waals surface area (Å²) < 4.78 is 0. The van der Waals surface area contributed by atoms with Gasteiger partial charge >= 0.3 is 0 Å². The lowest BCUT2D eigenvalue weighted by Crippen LogP contribution is -2.31. The summed E-state index contributed by atoms with van der Waals surface area (Å²) in [5.74, 6) is -0.0992. The average molecular weight is 329 g/mol. The van der Waals surface area contributed by atoms with Crippen molar-refractivity contribution in [2.45, 2.75) is 51.1 Å². The number of nitrogens with one attached hydrogen (secondary N) is 1. The van der Waals surface area contributed by atoms with E-state index in [1.54, 1.807) is 0 Å². The summed E-state index contributed by atoms with van der Waals surface area (Å²) in [5, 5.41) is 5.80. The summed E-state index contributed by atoms with van der Waals surface area (Å²) in [7, 11) is 0. The van der Waals surface area contributed by atoms with Crippen LogP contribution in [0.4, 0.5) is 0 Å². The molecule has 1 heterocycles. The van der Waals surface area contributed by atoms with Crippen LogP contribution in [-0.4, -0.2) is 10.9 Å². The highest BCUT2D eigenvalue weighted by Gasteiger charge is 2.23. The highest BCUT2D eigenvalue weighted by Crippen LogP contribution is 2.30. The van der Waals surface area contributed by atoms with E-state index >= 15 is 0 Å². The number of hydrogen-bond acceptors (Lipinski definition) is 4. The first-order valence-corrected chi connectivity index (χ1v) is 9.16. The smallest absolute Gasteiger partial charge is 0.271 e. The van der Waals surface area contributed by atoms with Gasteiger partial charge in [0.05, 0.1) is 12.1 Å². The SMILES string of the molecule is CCCC(N)c1nc(C(=O)NC2CCCc3ccccc32)cs1. The van der Waals surface area contributed by atoms with Crippen molar-refractivity contribution in [2.24, 2.45) is 5.73 Å². The van der Waals surface area contributed by atoms with Crippen LogP contribution in [0.25, 0.3) is 0 Å². The maximum Gasteiger partial charge on any atom is 0.271 e. The number of aromatic nitrogens is 1. The molecule has 2 atom stereocenters. The van der Waals surface area contributed by atoms with Gasteiger partial charge in [0.2, 0.25) is 0 Å². The van der Waals surface area contributed by atoms with Crippen LogP contribution in [0.15, 0.2) is 29.6 Å². The number of thiazole rings is 1. The Labute approximate surface area is 141 Å². The van der Waals surface area contributed by atoms with E-state index in [4.69, 9.17) is 5.73 Å². The van der Waals surface area contributed by atoms with E-state index in [0.717, 1.165) is 37.1 Å². The average Bonchev–Trinajstić information content (AvgIpc) is 3.06. The van der Waals surface area contributed by atoms with Gasteiger partial charge in [0.25, 0.3) is 5.91 Å². The molecule has 3 N–H and O–H groups in total. The fraction of sp³-hybridized carbons (Fsp3) is 0.444. The van der Waals surface area contributed by atoms with Crippen LogP contribution in [0.2, 0.25) is 0 Å². The number of rotatable bonds is 5. The Morgan fingerprint density at radius 2 is 2.30 bits per heavy atom. The Hall–Kier alpha value is -1.72. The van der Waals surface area contributed by atoms with E-state index in [1.807, 2.05) is 11.4 Å². The Kier molecular flexibility index (Phi) is 5.08. The summed E-state index contributed by atoms with van der Waals surface area (Å²) in [6.45, 7) is 2.10. The molecule has 1 aliphatic carbocycles. The molecular weight excluding hydrogens is 306 g/mol. The van der Waals surface area contributed by atoms with Gasteiger partial charge in [-0.1, -0.05) is 37.6 Å². The number of nitrogens with two attached hydrogens (primary N) is 1. The lowest BCUT2D eigenvalue weighted by molar-refractivity contribution is 0.0928. The van der Waals surface area contributed by atoms with Crippen LogP contribution < -0.4 is 11.1 Å². The van der Waals surface area contributed by atoms with Crippen LogP contribution in [-0.2, 0) is 6.42 Å². The molecule has 5 heteroatoms. The highest BCUT2D eigenvalue weighted by molar-refractivity contribution is 7.09. The lowest BCUT2D eigenvalue weighted by atomic mass is 9.88. The number of hydrogen-bond donors (Lipinski definition) is 2. The van der Waals surface area contributed by atoms with Gasteiger partial charge in [0, 0.05) is 5.38 Å². The number of nitrogens with zero attached hydrogens (tertiary/aromatic N) is 1. The van der Waals surface area contributed by atoms with Gasteiger partial charge in [-0.05, 0) is 36.8 Å². The number of fused-ring (bicyclic) bond motifs is 1. The van der Waals surface area contributed by atoms with E-state index in [9.17, 15) is 4.79 Å². The quantitative estimate of drug-likeness (QED) is 0.878. The van der Waals surface area contributed by atoms with Crippen molar-refractivity contribution >= 4 is 17.2 Å². The molecule has 0 bridgehead atoms. The predicted octanol–water partition coefficient (Wildman–Crippen LogP) is 3.75. The Bertz CT molecular complexity index is 682. The summed E-state index contributed by atoms with van der Waals surface area (Å²) in [6.07, 6.45) is 5.09. The monoisotopic (exact) mass is 329 g/mol. The maximum atomic E-state index is 12.5. The minimum absolute atomic E-state index is 0.0676. The topological polar surface area (TPSA) is 68.0 Å². The van der Waals surface area contributed by atoms with Gasteiger partial charge < -0.3 is 11.1 Å². The fourth-order valence-electron chi connectivity index (χ4n) is 3.13. The van der Waals surface area contributed by atoms with Crippen LogP contribution in [0.3, 0.4) is 0 Å². The van der Waals surface area contributed by atoms with E-state index in [0.29, 0.717) is 5.69 Å². The van der Waals surface area contributed by atoms with Gasteiger partial charge in [-0.2, -0.15) is 0 Å². The molecule has 1 aromatic heterocycles. The molecule has 4 nitrogen and oxygen atoms in total. The molecule has 23 heavy (non-hydrogen) atoms. The minimum Gasteiger partial charge on any atom is -0.344 e. The third-order valence-corrected chi connectivity index (χ3v) is 5.32. The van der Waals surface area contributed by atoms with Crippen LogP contribution >= 0.6 is 11.3 Å². The van der Waals surface area contributed by atoms with Gasteiger partial charge in [-0.15, -0.1) is 11.3 Å². The van der Waals surface area contributed by atoms with Crippen LogP contribution in [0.1, 0.15) is 71.3 Å². The normalized spacial score (nSPS) is 18.3. The van der Waals surface area contributed by atoms with Crippen molar-refractivity contribution < 1.29 is 4.79 Å². The van der Waals surface area contributed by atoms with Crippen molar-refractivity contribution in [3.8, 4) is 0 Å². The van der Waals surface area contributed by atoms with Crippen molar-refractivity contribution in [1.29, 1.82) is 0 Å². The second kappa shape index (κ2) is 7.23. The highest BCUT2D eigenvalue weighted by atomic mass is 32.1. The molecule has 0 aliphatic heterocycles. The molecule has 0 saturated carbocycles. The van der Waals surface area contributed by atoms with Crippen molar-refractivity contribution in [2.75, 3.05) is 0 Å².